The molecule has 0 fully saturated rings. The van der Waals surface area contributed by atoms with Crippen LogP contribution in [0.5, 0.6) is 23.0 Å². The van der Waals surface area contributed by atoms with Gasteiger partial charge >= 0.3 is 0 Å². The van der Waals surface area contributed by atoms with E-state index < -0.39 is 0 Å². The highest BCUT2D eigenvalue weighted by Gasteiger charge is 2.26. The van der Waals surface area contributed by atoms with Crippen LogP contribution in [0, 0.1) is 0 Å². The van der Waals surface area contributed by atoms with Gasteiger partial charge in [0.15, 0.2) is 11.5 Å². The second kappa shape index (κ2) is 10.1. The molecule has 0 spiro atoms. The van der Waals surface area contributed by atoms with Crippen molar-refractivity contribution >= 4 is 5.91 Å². The van der Waals surface area contributed by atoms with Gasteiger partial charge in [-0.05, 0) is 30.3 Å². The monoisotopic (exact) mass is 460 g/mol. The zero-order chi connectivity index (χ0) is 23.3. The molecule has 2 aliphatic rings. The van der Waals surface area contributed by atoms with Crippen LogP contribution >= 0.6 is 0 Å². The maximum absolute atomic E-state index is 12.7. The summed E-state index contributed by atoms with van der Waals surface area (Å²) in [4.78, 5) is 15.0. The van der Waals surface area contributed by atoms with Crippen LogP contribution in [0.25, 0.3) is 0 Å². The molecule has 0 radical (unpaired) electrons. The molecule has 7 nitrogen and oxygen atoms in total. The van der Waals surface area contributed by atoms with Gasteiger partial charge in [0, 0.05) is 42.9 Å². The van der Waals surface area contributed by atoms with Crippen LogP contribution < -0.4 is 24.3 Å². The van der Waals surface area contributed by atoms with Gasteiger partial charge in [-0.3, -0.25) is 9.69 Å². The van der Waals surface area contributed by atoms with Crippen molar-refractivity contribution in [1.82, 2.24) is 10.2 Å². The van der Waals surface area contributed by atoms with Crippen LogP contribution in [0.2, 0.25) is 0 Å². The SMILES string of the molecule is COc1ccccc1[C@H]1CN(CCNC(=O)c2ccc3c(c2)OCCO3)Cc2ccccc2O1. The lowest BCUT2D eigenvalue weighted by molar-refractivity contribution is 0.0941. The third-order valence-electron chi connectivity index (χ3n) is 6.06. The summed E-state index contributed by atoms with van der Waals surface area (Å²) in [5, 5.41) is 3.03. The van der Waals surface area contributed by atoms with E-state index in [1.165, 1.54) is 0 Å². The van der Waals surface area contributed by atoms with Crippen molar-refractivity contribution in [3.8, 4) is 23.0 Å². The molecule has 1 atom stereocenters. The van der Waals surface area contributed by atoms with Gasteiger partial charge in [-0.25, -0.2) is 0 Å². The van der Waals surface area contributed by atoms with Crippen molar-refractivity contribution in [3.05, 3.63) is 83.4 Å². The number of hydrogen-bond donors (Lipinski definition) is 1. The summed E-state index contributed by atoms with van der Waals surface area (Å²) in [5.74, 6) is 2.83. The molecule has 3 aromatic rings. The smallest absolute Gasteiger partial charge is 0.251 e. The van der Waals surface area contributed by atoms with E-state index in [0.29, 0.717) is 49.9 Å². The summed E-state index contributed by atoms with van der Waals surface area (Å²) in [7, 11) is 1.68. The van der Waals surface area contributed by atoms with Crippen LogP contribution in [-0.4, -0.2) is 50.8 Å². The number of carbonyl (C=O) groups is 1. The highest BCUT2D eigenvalue weighted by atomic mass is 16.6. The summed E-state index contributed by atoms with van der Waals surface area (Å²) in [5.41, 5.74) is 2.69. The van der Waals surface area contributed by atoms with E-state index in [-0.39, 0.29) is 12.0 Å². The van der Waals surface area contributed by atoms with Crippen LogP contribution in [-0.2, 0) is 6.54 Å². The molecular formula is C27H28N2O5. The fourth-order valence-corrected chi connectivity index (χ4v) is 4.36. The molecule has 2 aliphatic heterocycles. The first kappa shape index (κ1) is 22.1. The van der Waals surface area contributed by atoms with Crippen molar-refractivity contribution < 1.29 is 23.7 Å². The Balaban J connectivity index is 1.27. The summed E-state index contributed by atoms with van der Waals surface area (Å²) in [6.45, 7) is 3.62. The van der Waals surface area contributed by atoms with Gasteiger partial charge in [0.2, 0.25) is 0 Å². The molecular weight excluding hydrogens is 432 g/mol. The third kappa shape index (κ3) is 4.79. The minimum Gasteiger partial charge on any atom is -0.496 e. The number of nitrogens with zero attached hydrogens (tertiary/aromatic N) is 1. The second-order valence-corrected chi connectivity index (χ2v) is 8.31. The van der Waals surface area contributed by atoms with Gasteiger partial charge in [0.25, 0.3) is 5.91 Å². The van der Waals surface area contributed by atoms with E-state index in [1.54, 1.807) is 25.3 Å². The number of rotatable bonds is 6. The van der Waals surface area contributed by atoms with E-state index in [1.807, 2.05) is 42.5 Å². The average Bonchev–Trinajstić information content (AvgIpc) is 3.07. The number of fused-ring (bicyclic) bond motifs is 2. The highest BCUT2D eigenvalue weighted by Crippen LogP contribution is 2.34. The molecule has 0 saturated heterocycles. The number of hydrogen-bond acceptors (Lipinski definition) is 6. The summed E-state index contributed by atoms with van der Waals surface area (Å²) in [6.07, 6.45) is -0.187. The van der Waals surface area contributed by atoms with Crippen LogP contribution in [0.4, 0.5) is 0 Å². The topological polar surface area (TPSA) is 69.3 Å². The standard InChI is InChI=1S/C27H28N2O5/c1-31-23-9-5-3-7-21(23)26-18-29(17-20-6-2-4-8-22(20)34-26)13-12-28-27(30)19-10-11-24-25(16-19)33-15-14-32-24/h2-11,16,26H,12-15,17-18H2,1H3,(H,28,30)/t26-/m1/s1. The highest BCUT2D eigenvalue weighted by molar-refractivity contribution is 5.94. The number of amides is 1. The molecule has 0 unspecified atom stereocenters. The first-order valence-electron chi connectivity index (χ1n) is 11.5. The predicted molar refractivity (Wildman–Crippen MR) is 128 cm³/mol. The minimum atomic E-state index is -0.187. The fourth-order valence-electron chi connectivity index (χ4n) is 4.36. The van der Waals surface area contributed by atoms with Crippen molar-refractivity contribution in [2.45, 2.75) is 12.6 Å². The van der Waals surface area contributed by atoms with Crippen LogP contribution in [0.1, 0.15) is 27.6 Å². The Labute approximate surface area is 199 Å². The molecule has 1 N–H and O–H groups in total. The summed E-state index contributed by atoms with van der Waals surface area (Å²) >= 11 is 0. The van der Waals surface area contributed by atoms with Crippen LogP contribution in [0.15, 0.2) is 66.7 Å². The zero-order valence-electron chi connectivity index (χ0n) is 19.2. The Morgan fingerprint density at radius 3 is 2.68 bits per heavy atom. The lowest BCUT2D eigenvalue weighted by Gasteiger charge is -2.25. The summed E-state index contributed by atoms with van der Waals surface area (Å²) < 4.78 is 23.2. The Bertz CT molecular complexity index is 1170. The van der Waals surface area contributed by atoms with Crippen LogP contribution in [0.3, 0.4) is 0 Å². The van der Waals surface area contributed by atoms with Gasteiger partial charge in [0.05, 0.1) is 7.11 Å². The lowest BCUT2D eigenvalue weighted by Crippen LogP contribution is -2.36. The van der Waals surface area contributed by atoms with Crippen molar-refractivity contribution in [1.29, 1.82) is 0 Å². The molecule has 0 aromatic heterocycles. The Kier molecular flexibility index (Phi) is 6.53. The normalized spacial score (nSPS) is 17.1. The molecule has 3 aromatic carbocycles. The maximum Gasteiger partial charge on any atom is 0.251 e. The third-order valence-corrected chi connectivity index (χ3v) is 6.06. The Hall–Kier alpha value is -3.71. The first-order chi connectivity index (χ1) is 16.7. The largest absolute Gasteiger partial charge is 0.496 e. The average molecular weight is 461 g/mol. The second-order valence-electron chi connectivity index (χ2n) is 8.31. The molecule has 2 heterocycles. The molecule has 34 heavy (non-hydrogen) atoms. The number of ether oxygens (including phenoxy) is 4. The van der Waals surface area contributed by atoms with E-state index in [4.69, 9.17) is 18.9 Å². The predicted octanol–water partition coefficient (Wildman–Crippen LogP) is 3.83. The van der Waals surface area contributed by atoms with E-state index in [2.05, 4.69) is 16.3 Å². The number of nitrogens with one attached hydrogen (secondary N) is 1. The van der Waals surface area contributed by atoms with Crippen molar-refractivity contribution in [2.24, 2.45) is 0 Å². The number of carbonyl (C=O) groups excluding carboxylic acids is 1. The molecule has 0 aliphatic carbocycles. The number of benzene rings is 3. The van der Waals surface area contributed by atoms with Crippen molar-refractivity contribution in [3.63, 3.8) is 0 Å². The molecule has 0 saturated carbocycles. The molecule has 5 rings (SSSR count). The first-order valence-corrected chi connectivity index (χ1v) is 11.5. The lowest BCUT2D eigenvalue weighted by atomic mass is 10.1. The Morgan fingerprint density at radius 1 is 1.00 bits per heavy atom. The van der Waals surface area contributed by atoms with Crippen molar-refractivity contribution in [2.75, 3.05) is 40.0 Å². The fraction of sp³-hybridized carbons (Fsp3) is 0.296. The van der Waals surface area contributed by atoms with Gasteiger partial charge in [-0.1, -0.05) is 36.4 Å². The van der Waals surface area contributed by atoms with E-state index in [0.717, 1.165) is 29.2 Å². The quantitative estimate of drug-likeness (QED) is 0.603. The molecule has 0 bridgehead atoms. The molecule has 7 heteroatoms. The minimum absolute atomic E-state index is 0.135. The summed E-state index contributed by atoms with van der Waals surface area (Å²) in [6, 6.07) is 21.3. The maximum atomic E-state index is 12.7. The van der Waals surface area contributed by atoms with E-state index >= 15 is 0 Å². The molecule has 1 amide bonds. The molecule has 176 valence electrons. The Morgan fingerprint density at radius 2 is 1.79 bits per heavy atom. The van der Waals surface area contributed by atoms with Gasteiger partial charge < -0.3 is 24.3 Å². The zero-order valence-corrected chi connectivity index (χ0v) is 19.2. The van der Waals surface area contributed by atoms with Gasteiger partial charge in [-0.15, -0.1) is 0 Å². The number of methoxy groups -OCH3 is 1. The number of para-hydroxylation sites is 2. The van der Waals surface area contributed by atoms with Gasteiger partial charge in [-0.2, -0.15) is 0 Å². The van der Waals surface area contributed by atoms with Gasteiger partial charge in [0.1, 0.15) is 30.8 Å². The van der Waals surface area contributed by atoms with E-state index in [9.17, 15) is 4.79 Å².